The SMILES string of the molecule is CC(C)c1nc(NN)cc(NCC2CCCC2CO)n1. The summed E-state index contributed by atoms with van der Waals surface area (Å²) in [7, 11) is 0. The van der Waals surface area contributed by atoms with E-state index in [0.717, 1.165) is 24.6 Å². The molecule has 0 radical (unpaired) electrons. The average Bonchev–Trinajstić information content (AvgIpc) is 2.92. The Balaban J connectivity index is 2.03. The van der Waals surface area contributed by atoms with Crippen LogP contribution in [0, 0.1) is 11.8 Å². The van der Waals surface area contributed by atoms with Gasteiger partial charge >= 0.3 is 0 Å². The zero-order valence-corrected chi connectivity index (χ0v) is 12.3. The molecule has 6 nitrogen and oxygen atoms in total. The Morgan fingerprint density at radius 3 is 2.65 bits per heavy atom. The number of hydrogen-bond donors (Lipinski definition) is 4. The number of nitrogens with zero attached hydrogens (tertiary/aromatic N) is 2. The van der Waals surface area contributed by atoms with Crippen molar-refractivity contribution < 1.29 is 5.11 Å². The molecule has 2 rings (SSSR count). The predicted octanol–water partition coefficient (Wildman–Crippen LogP) is 1.71. The highest BCUT2D eigenvalue weighted by Crippen LogP contribution is 2.31. The van der Waals surface area contributed by atoms with Crippen LogP contribution < -0.4 is 16.6 Å². The normalized spacial score (nSPS) is 22.2. The van der Waals surface area contributed by atoms with Crippen molar-refractivity contribution in [2.24, 2.45) is 17.7 Å². The summed E-state index contributed by atoms with van der Waals surface area (Å²) in [4.78, 5) is 8.85. The lowest BCUT2D eigenvalue weighted by molar-refractivity contribution is 0.199. The summed E-state index contributed by atoms with van der Waals surface area (Å²) in [6, 6.07) is 1.81. The molecule has 1 aromatic heterocycles. The molecular formula is C14H25N5O. The van der Waals surface area contributed by atoms with Crippen LogP contribution in [-0.2, 0) is 0 Å². The van der Waals surface area contributed by atoms with Gasteiger partial charge in [-0.1, -0.05) is 20.3 Å². The first-order valence-electron chi connectivity index (χ1n) is 7.34. The van der Waals surface area contributed by atoms with Crippen LogP contribution in [0.4, 0.5) is 11.6 Å². The number of hydrazine groups is 1. The summed E-state index contributed by atoms with van der Waals surface area (Å²) >= 11 is 0. The van der Waals surface area contributed by atoms with Crippen LogP contribution in [0.15, 0.2) is 6.07 Å². The molecule has 20 heavy (non-hydrogen) atoms. The number of rotatable bonds is 6. The van der Waals surface area contributed by atoms with E-state index in [1.165, 1.54) is 12.8 Å². The molecule has 0 aromatic carbocycles. The van der Waals surface area contributed by atoms with Crippen LogP contribution in [0.5, 0.6) is 0 Å². The molecule has 1 heterocycles. The zero-order chi connectivity index (χ0) is 14.5. The summed E-state index contributed by atoms with van der Waals surface area (Å²) < 4.78 is 0. The largest absolute Gasteiger partial charge is 0.396 e. The van der Waals surface area contributed by atoms with E-state index in [4.69, 9.17) is 5.84 Å². The molecule has 1 aromatic rings. The predicted molar refractivity (Wildman–Crippen MR) is 80.3 cm³/mol. The highest BCUT2D eigenvalue weighted by atomic mass is 16.3. The molecule has 0 aliphatic heterocycles. The smallest absolute Gasteiger partial charge is 0.145 e. The van der Waals surface area contributed by atoms with E-state index < -0.39 is 0 Å². The van der Waals surface area contributed by atoms with Crippen molar-refractivity contribution in [3.8, 4) is 0 Å². The van der Waals surface area contributed by atoms with Gasteiger partial charge in [0.15, 0.2) is 0 Å². The molecule has 112 valence electrons. The Morgan fingerprint density at radius 2 is 2.00 bits per heavy atom. The van der Waals surface area contributed by atoms with Crippen molar-refractivity contribution in [1.82, 2.24) is 9.97 Å². The quantitative estimate of drug-likeness (QED) is 0.467. The van der Waals surface area contributed by atoms with Gasteiger partial charge in [0.1, 0.15) is 17.5 Å². The lowest BCUT2D eigenvalue weighted by Crippen LogP contribution is -2.22. The molecule has 1 aliphatic carbocycles. The number of hydrogen-bond acceptors (Lipinski definition) is 6. The summed E-state index contributed by atoms with van der Waals surface area (Å²) in [5, 5.41) is 12.7. The number of nitrogen functional groups attached to an aromatic ring is 1. The maximum Gasteiger partial charge on any atom is 0.145 e. The second-order valence-electron chi connectivity index (χ2n) is 5.81. The van der Waals surface area contributed by atoms with Gasteiger partial charge in [0, 0.05) is 25.1 Å². The number of aliphatic hydroxyl groups is 1. The number of nitrogens with two attached hydrogens (primary N) is 1. The van der Waals surface area contributed by atoms with Crippen LogP contribution in [-0.4, -0.2) is 28.2 Å². The van der Waals surface area contributed by atoms with Crippen LogP contribution in [0.3, 0.4) is 0 Å². The summed E-state index contributed by atoms with van der Waals surface area (Å²) in [6.45, 7) is 5.23. The summed E-state index contributed by atoms with van der Waals surface area (Å²) in [5.74, 6) is 8.82. The van der Waals surface area contributed by atoms with Gasteiger partial charge in [-0.05, 0) is 24.7 Å². The molecular weight excluding hydrogens is 254 g/mol. The van der Waals surface area contributed by atoms with Crippen LogP contribution in [0.2, 0.25) is 0 Å². The Morgan fingerprint density at radius 1 is 1.30 bits per heavy atom. The zero-order valence-electron chi connectivity index (χ0n) is 12.3. The summed E-state index contributed by atoms with van der Waals surface area (Å²) in [6.07, 6.45) is 3.50. The second kappa shape index (κ2) is 6.85. The van der Waals surface area contributed by atoms with Crippen LogP contribution in [0.1, 0.15) is 44.9 Å². The third-order valence-corrected chi connectivity index (χ3v) is 4.00. The molecule has 1 fully saturated rings. The third-order valence-electron chi connectivity index (χ3n) is 4.00. The Kier molecular flexibility index (Phi) is 5.14. The van der Waals surface area contributed by atoms with E-state index in [1.807, 2.05) is 6.07 Å². The van der Waals surface area contributed by atoms with E-state index >= 15 is 0 Å². The minimum atomic E-state index is 0.250. The fourth-order valence-electron chi connectivity index (χ4n) is 2.75. The molecule has 6 heteroatoms. The van der Waals surface area contributed by atoms with Gasteiger partial charge in [0.25, 0.3) is 0 Å². The monoisotopic (exact) mass is 279 g/mol. The van der Waals surface area contributed by atoms with Gasteiger partial charge in [-0.15, -0.1) is 0 Å². The van der Waals surface area contributed by atoms with Gasteiger partial charge in [-0.2, -0.15) is 0 Å². The molecule has 0 bridgehead atoms. The number of aliphatic hydroxyl groups excluding tert-OH is 1. The number of anilines is 2. The Hall–Kier alpha value is -1.40. The molecule has 0 saturated heterocycles. The van der Waals surface area contributed by atoms with E-state index in [0.29, 0.717) is 17.7 Å². The Labute approximate surface area is 120 Å². The first-order chi connectivity index (χ1) is 9.63. The minimum absolute atomic E-state index is 0.250. The maximum atomic E-state index is 9.35. The second-order valence-corrected chi connectivity index (χ2v) is 5.81. The first-order valence-corrected chi connectivity index (χ1v) is 7.34. The fourth-order valence-corrected chi connectivity index (χ4v) is 2.75. The third kappa shape index (κ3) is 3.58. The van der Waals surface area contributed by atoms with Crippen molar-refractivity contribution in [2.75, 3.05) is 23.9 Å². The lowest BCUT2D eigenvalue weighted by Gasteiger charge is -2.19. The maximum absolute atomic E-state index is 9.35. The molecule has 0 spiro atoms. The molecule has 0 amide bonds. The molecule has 1 aliphatic rings. The minimum Gasteiger partial charge on any atom is -0.396 e. The van der Waals surface area contributed by atoms with Crippen LogP contribution >= 0.6 is 0 Å². The van der Waals surface area contributed by atoms with Gasteiger partial charge in [0.2, 0.25) is 0 Å². The van der Waals surface area contributed by atoms with Gasteiger partial charge in [-0.25, -0.2) is 15.8 Å². The van der Waals surface area contributed by atoms with Gasteiger partial charge < -0.3 is 15.8 Å². The highest BCUT2D eigenvalue weighted by molar-refractivity contribution is 5.47. The van der Waals surface area contributed by atoms with Crippen molar-refractivity contribution >= 4 is 11.6 Å². The van der Waals surface area contributed by atoms with E-state index in [-0.39, 0.29) is 12.5 Å². The molecule has 5 N–H and O–H groups in total. The van der Waals surface area contributed by atoms with Gasteiger partial charge in [-0.3, -0.25) is 0 Å². The standard InChI is InChI=1S/C14H25N5O/c1-9(2)14-17-12(6-13(18-14)19-15)16-7-10-4-3-5-11(10)8-20/h6,9-11,20H,3-5,7-8,15H2,1-2H3,(H2,16,17,18,19). The Bertz CT molecular complexity index is 438. The molecule has 2 unspecified atom stereocenters. The van der Waals surface area contributed by atoms with Crippen molar-refractivity contribution in [1.29, 1.82) is 0 Å². The number of aromatic nitrogens is 2. The van der Waals surface area contributed by atoms with Crippen LogP contribution in [0.25, 0.3) is 0 Å². The first kappa shape index (κ1) is 15.0. The van der Waals surface area contributed by atoms with Gasteiger partial charge in [0.05, 0.1) is 0 Å². The van der Waals surface area contributed by atoms with Crippen molar-refractivity contribution in [3.05, 3.63) is 11.9 Å². The molecule has 1 saturated carbocycles. The summed E-state index contributed by atoms with van der Waals surface area (Å²) in [5.41, 5.74) is 2.58. The van der Waals surface area contributed by atoms with E-state index in [1.54, 1.807) is 0 Å². The topological polar surface area (TPSA) is 96.1 Å². The average molecular weight is 279 g/mol. The fraction of sp³-hybridized carbons (Fsp3) is 0.714. The van der Waals surface area contributed by atoms with E-state index in [9.17, 15) is 5.11 Å². The van der Waals surface area contributed by atoms with E-state index in [2.05, 4.69) is 34.6 Å². The molecule has 2 atom stereocenters. The van der Waals surface area contributed by atoms with Crippen molar-refractivity contribution in [3.63, 3.8) is 0 Å². The van der Waals surface area contributed by atoms with Crippen molar-refractivity contribution in [2.45, 2.75) is 39.0 Å². The lowest BCUT2D eigenvalue weighted by atomic mass is 9.97. The number of nitrogens with one attached hydrogen (secondary N) is 2. The highest BCUT2D eigenvalue weighted by Gasteiger charge is 2.26.